The van der Waals surface area contributed by atoms with E-state index in [0.29, 0.717) is 10.7 Å². The van der Waals surface area contributed by atoms with Crippen LogP contribution in [0.25, 0.3) is 0 Å². The van der Waals surface area contributed by atoms with Crippen molar-refractivity contribution >= 4 is 28.0 Å². The lowest BCUT2D eigenvalue weighted by Gasteiger charge is -2.05. The number of hydrogen-bond acceptors (Lipinski definition) is 4. The number of benzene rings is 1. The van der Waals surface area contributed by atoms with Crippen LogP contribution in [0.2, 0.25) is 0 Å². The Bertz CT molecular complexity index is 548. The molecule has 0 bridgehead atoms. The van der Waals surface area contributed by atoms with E-state index in [4.69, 9.17) is 5.11 Å². The fourth-order valence-electron chi connectivity index (χ4n) is 1.43. The molecule has 0 radical (unpaired) electrons. The van der Waals surface area contributed by atoms with Gasteiger partial charge in [-0.25, -0.2) is 14.2 Å². The van der Waals surface area contributed by atoms with Crippen LogP contribution < -0.4 is 5.32 Å². The summed E-state index contributed by atoms with van der Waals surface area (Å²) in [5.74, 6) is -1.48. The Labute approximate surface area is 101 Å². The van der Waals surface area contributed by atoms with Crippen molar-refractivity contribution in [1.82, 2.24) is 4.98 Å². The lowest BCUT2D eigenvalue weighted by atomic mass is 10.2. The van der Waals surface area contributed by atoms with Crippen molar-refractivity contribution in [2.24, 2.45) is 0 Å². The van der Waals surface area contributed by atoms with Gasteiger partial charge in [0, 0.05) is 5.69 Å². The highest BCUT2D eigenvalue weighted by molar-refractivity contribution is 7.14. The normalized spacial score (nSPS) is 10.2. The molecule has 6 heteroatoms. The summed E-state index contributed by atoms with van der Waals surface area (Å²) in [7, 11) is 0. The van der Waals surface area contributed by atoms with E-state index in [2.05, 4.69) is 10.3 Å². The second kappa shape index (κ2) is 4.50. The van der Waals surface area contributed by atoms with Crippen molar-refractivity contribution in [3.05, 3.63) is 40.8 Å². The number of anilines is 2. The molecule has 0 amide bonds. The Morgan fingerprint density at radius 2 is 2.24 bits per heavy atom. The third kappa shape index (κ3) is 2.59. The van der Waals surface area contributed by atoms with Crippen LogP contribution in [-0.4, -0.2) is 16.1 Å². The molecule has 0 unspecified atom stereocenters. The fraction of sp³-hybridized carbons (Fsp3) is 0.0909. The number of rotatable bonds is 3. The lowest BCUT2D eigenvalue weighted by Crippen LogP contribution is -2.01. The van der Waals surface area contributed by atoms with Crippen molar-refractivity contribution in [3.63, 3.8) is 0 Å². The van der Waals surface area contributed by atoms with E-state index in [0.717, 1.165) is 16.9 Å². The van der Waals surface area contributed by atoms with Gasteiger partial charge in [0.15, 0.2) is 5.69 Å². The van der Waals surface area contributed by atoms with Crippen LogP contribution in [-0.2, 0) is 0 Å². The summed E-state index contributed by atoms with van der Waals surface area (Å²) in [6.07, 6.45) is 0. The maximum Gasteiger partial charge on any atom is 0.357 e. The number of thiazole rings is 1. The predicted octanol–water partition coefficient (Wildman–Crippen LogP) is 3.03. The van der Waals surface area contributed by atoms with Crippen LogP contribution in [0.1, 0.15) is 16.1 Å². The topological polar surface area (TPSA) is 62.2 Å². The summed E-state index contributed by atoms with van der Waals surface area (Å²) >= 11 is 1.16. The van der Waals surface area contributed by atoms with Gasteiger partial charge in [0.05, 0.1) is 5.51 Å². The van der Waals surface area contributed by atoms with Crippen LogP contribution in [0.15, 0.2) is 23.7 Å². The van der Waals surface area contributed by atoms with Gasteiger partial charge < -0.3 is 10.4 Å². The minimum Gasteiger partial charge on any atom is -0.476 e. The van der Waals surface area contributed by atoms with Crippen LogP contribution in [0.3, 0.4) is 0 Å². The van der Waals surface area contributed by atoms with Crippen LogP contribution in [0.5, 0.6) is 0 Å². The minimum atomic E-state index is -1.11. The van der Waals surface area contributed by atoms with Gasteiger partial charge in [-0.05, 0) is 30.7 Å². The van der Waals surface area contributed by atoms with Crippen molar-refractivity contribution in [1.29, 1.82) is 0 Å². The zero-order chi connectivity index (χ0) is 12.4. The van der Waals surface area contributed by atoms with Gasteiger partial charge in [-0.1, -0.05) is 0 Å². The summed E-state index contributed by atoms with van der Waals surface area (Å²) in [5.41, 5.74) is 2.64. The highest BCUT2D eigenvalue weighted by Gasteiger charge is 2.13. The standard InChI is InChI=1S/C11H9FN2O2S/c1-6-2-7(12)4-8(3-6)14-10-9(11(15)16)13-5-17-10/h2-5,14H,1H3,(H,15,16). The number of aromatic carboxylic acids is 1. The number of carboxylic acids is 1. The predicted molar refractivity (Wildman–Crippen MR) is 63.5 cm³/mol. The Kier molecular flexibility index (Phi) is 3.06. The van der Waals surface area contributed by atoms with Gasteiger partial charge >= 0.3 is 5.97 Å². The molecule has 0 aliphatic heterocycles. The molecule has 0 atom stereocenters. The van der Waals surface area contributed by atoms with E-state index in [9.17, 15) is 9.18 Å². The van der Waals surface area contributed by atoms with Gasteiger partial charge in [-0.3, -0.25) is 0 Å². The van der Waals surface area contributed by atoms with E-state index in [-0.39, 0.29) is 11.5 Å². The Morgan fingerprint density at radius 1 is 1.47 bits per heavy atom. The zero-order valence-corrected chi connectivity index (χ0v) is 9.71. The minimum absolute atomic E-state index is 0.0584. The molecule has 0 aliphatic carbocycles. The molecule has 0 saturated heterocycles. The molecule has 4 nitrogen and oxygen atoms in total. The maximum atomic E-state index is 13.1. The first kappa shape index (κ1) is 11.5. The van der Waals surface area contributed by atoms with Crippen LogP contribution >= 0.6 is 11.3 Å². The zero-order valence-electron chi connectivity index (χ0n) is 8.90. The van der Waals surface area contributed by atoms with E-state index < -0.39 is 5.97 Å². The Morgan fingerprint density at radius 3 is 2.88 bits per heavy atom. The number of halogens is 1. The average Bonchev–Trinajstić information content (AvgIpc) is 2.63. The Hall–Kier alpha value is -1.95. The van der Waals surface area contributed by atoms with E-state index >= 15 is 0 Å². The highest BCUT2D eigenvalue weighted by atomic mass is 32.1. The molecular weight excluding hydrogens is 243 g/mol. The molecule has 1 heterocycles. The molecule has 1 aromatic heterocycles. The van der Waals surface area contributed by atoms with Crippen LogP contribution in [0, 0.1) is 12.7 Å². The lowest BCUT2D eigenvalue weighted by molar-refractivity contribution is 0.0692. The molecule has 88 valence electrons. The van der Waals surface area contributed by atoms with E-state index in [1.165, 1.54) is 17.6 Å². The van der Waals surface area contributed by atoms with Crippen molar-refractivity contribution in [3.8, 4) is 0 Å². The first-order valence-electron chi connectivity index (χ1n) is 4.77. The smallest absolute Gasteiger partial charge is 0.357 e. The second-order valence-corrected chi connectivity index (χ2v) is 4.33. The molecule has 0 fully saturated rings. The fourth-order valence-corrected chi connectivity index (χ4v) is 2.12. The Balaban J connectivity index is 2.31. The molecule has 2 rings (SSSR count). The van der Waals surface area contributed by atoms with Gasteiger partial charge in [0.1, 0.15) is 10.8 Å². The number of carboxylic acid groups (broad SMARTS) is 1. The number of carbonyl (C=O) groups is 1. The molecule has 1 aromatic carbocycles. The maximum absolute atomic E-state index is 13.1. The molecular formula is C11H9FN2O2S. The molecule has 0 spiro atoms. The second-order valence-electron chi connectivity index (χ2n) is 3.48. The van der Waals surface area contributed by atoms with E-state index in [1.54, 1.807) is 13.0 Å². The first-order chi connectivity index (χ1) is 8.06. The van der Waals surface area contributed by atoms with Gasteiger partial charge in [-0.2, -0.15) is 0 Å². The highest BCUT2D eigenvalue weighted by Crippen LogP contribution is 2.25. The van der Waals surface area contributed by atoms with Gasteiger partial charge in [-0.15, -0.1) is 11.3 Å². The summed E-state index contributed by atoms with van der Waals surface area (Å²) in [6.45, 7) is 1.76. The molecule has 17 heavy (non-hydrogen) atoms. The summed E-state index contributed by atoms with van der Waals surface area (Å²) in [4.78, 5) is 14.6. The number of aromatic nitrogens is 1. The molecule has 2 aromatic rings. The molecule has 0 saturated carbocycles. The summed E-state index contributed by atoms with van der Waals surface area (Å²) in [6, 6.07) is 4.43. The monoisotopic (exact) mass is 252 g/mol. The number of nitrogens with zero attached hydrogens (tertiary/aromatic N) is 1. The average molecular weight is 252 g/mol. The summed E-state index contributed by atoms with van der Waals surface area (Å²) < 4.78 is 13.1. The number of hydrogen-bond donors (Lipinski definition) is 2. The molecule has 0 aliphatic rings. The largest absolute Gasteiger partial charge is 0.476 e. The quantitative estimate of drug-likeness (QED) is 0.881. The SMILES string of the molecule is Cc1cc(F)cc(Nc2scnc2C(=O)O)c1. The first-order valence-corrected chi connectivity index (χ1v) is 5.65. The third-order valence-electron chi connectivity index (χ3n) is 2.07. The third-order valence-corrected chi connectivity index (χ3v) is 2.81. The van der Waals surface area contributed by atoms with Crippen molar-refractivity contribution in [2.75, 3.05) is 5.32 Å². The van der Waals surface area contributed by atoms with Crippen molar-refractivity contribution < 1.29 is 14.3 Å². The summed E-state index contributed by atoms with van der Waals surface area (Å²) in [5, 5.41) is 12.1. The van der Waals surface area contributed by atoms with E-state index in [1.807, 2.05) is 0 Å². The molecule has 2 N–H and O–H groups in total. The number of nitrogens with one attached hydrogen (secondary N) is 1. The number of aryl methyl sites for hydroxylation is 1. The van der Waals surface area contributed by atoms with Gasteiger partial charge in [0.25, 0.3) is 0 Å². The van der Waals surface area contributed by atoms with Gasteiger partial charge in [0.2, 0.25) is 0 Å². The van der Waals surface area contributed by atoms with Crippen LogP contribution in [0.4, 0.5) is 15.1 Å². The van der Waals surface area contributed by atoms with Crippen molar-refractivity contribution in [2.45, 2.75) is 6.92 Å².